The molecule has 0 fully saturated rings. The van der Waals surface area contributed by atoms with Crippen LogP contribution in [-0.2, 0) is 0 Å². The number of hydrogen-bond donors (Lipinski definition) is 0. The van der Waals surface area contributed by atoms with Gasteiger partial charge in [0.1, 0.15) is 0 Å². The highest BCUT2D eigenvalue weighted by atomic mass is 14.0. The van der Waals surface area contributed by atoms with Crippen LogP contribution in [0.2, 0.25) is 0 Å². The summed E-state index contributed by atoms with van der Waals surface area (Å²) in [5.41, 5.74) is 1.45. The van der Waals surface area contributed by atoms with E-state index in [1.807, 2.05) is 27.7 Å². The maximum Gasteiger partial charge on any atom is -0.0193 e. The van der Waals surface area contributed by atoms with Gasteiger partial charge in [0.15, 0.2) is 0 Å². The fraction of sp³-hybridized carbons (Fsp3) is 0.625. The Morgan fingerprint density at radius 2 is 1.25 bits per heavy atom. The Kier molecular flexibility index (Phi) is 30.2. The summed E-state index contributed by atoms with van der Waals surface area (Å²) in [6.07, 6.45) is 1.23. The van der Waals surface area contributed by atoms with E-state index in [1.54, 1.807) is 0 Å². The standard InChI is InChI=1S/C10H14.2C2H6.2CH4/c1-3-9(2)10-7-5-4-6-8-10;2*1-2;;/h4-9H,3H2,1-2H3;2*1-2H3;2*1H4. The van der Waals surface area contributed by atoms with Crippen LogP contribution < -0.4 is 0 Å². The van der Waals surface area contributed by atoms with Crippen LogP contribution in [0.15, 0.2) is 30.3 Å². The molecule has 0 spiro atoms. The summed E-state index contributed by atoms with van der Waals surface area (Å²) < 4.78 is 0. The van der Waals surface area contributed by atoms with Crippen LogP contribution in [0, 0.1) is 0 Å². The summed E-state index contributed by atoms with van der Waals surface area (Å²) >= 11 is 0. The van der Waals surface area contributed by atoms with E-state index >= 15 is 0 Å². The van der Waals surface area contributed by atoms with Gasteiger partial charge in [0.05, 0.1) is 0 Å². The molecule has 1 aromatic carbocycles. The van der Waals surface area contributed by atoms with Gasteiger partial charge in [0.2, 0.25) is 0 Å². The maximum atomic E-state index is 2.26. The second-order valence-corrected chi connectivity index (χ2v) is 2.72. The smallest absolute Gasteiger partial charge is 0.0193 e. The third-order valence-corrected chi connectivity index (χ3v) is 1.98. The van der Waals surface area contributed by atoms with Crippen molar-refractivity contribution in [3.05, 3.63) is 35.9 Å². The molecule has 0 heteroatoms. The quantitative estimate of drug-likeness (QED) is 0.538. The largest absolute Gasteiger partial charge is 0.0776 e. The molecule has 0 N–H and O–H groups in total. The fourth-order valence-corrected chi connectivity index (χ4v) is 1.02. The first-order valence-corrected chi connectivity index (χ1v) is 5.89. The third kappa shape index (κ3) is 11.3. The second-order valence-electron chi connectivity index (χ2n) is 2.72. The van der Waals surface area contributed by atoms with Gasteiger partial charge in [-0.2, -0.15) is 0 Å². The lowest BCUT2D eigenvalue weighted by Gasteiger charge is -2.06. The van der Waals surface area contributed by atoms with Crippen molar-refractivity contribution in [2.24, 2.45) is 0 Å². The van der Waals surface area contributed by atoms with Crippen molar-refractivity contribution in [1.29, 1.82) is 0 Å². The Bertz CT molecular complexity index is 176. The number of benzene rings is 1. The number of hydrogen-bond acceptors (Lipinski definition) is 0. The van der Waals surface area contributed by atoms with Crippen molar-refractivity contribution in [2.45, 2.75) is 68.7 Å². The molecule has 0 radical (unpaired) electrons. The van der Waals surface area contributed by atoms with E-state index in [9.17, 15) is 0 Å². The summed E-state index contributed by atoms with van der Waals surface area (Å²) in [6.45, 7) is 12.5. The molecule has 0 saturated heterocycles. The van der Waals surface area contributed by atoms with Crippen LogP contribution in [0.4, 0.5) is 0 Å². The molecule has 0 aliphatic carbocycles. The Balaban J connectivity index is -0.000000109. The molecular formula is C16H34. The van der Waals surface area contributed by atoms with Gasteiger partial charge < -0.3 is 0 Å². The Morgan fingerprint density at radius 1 is 0.875 bits per heavy atom. The first-order valence-electron chi connectivity index (χ1n) is 5.89. The Morgan fingerprint density at radius 3 is 1.56 bits per heavy atom. The summed E-state index contributed by atoms with van der Waals surface area (Å²) in [4.78, 5) is 0. The van der Waals surface area contributed by atoms with Crippen molar-refractivity contribution >= 4 is 0 Å². The van der Waals surface area contributed by atoms with Gasteiger partial charge in [-0.25, -0.2) is 0 Å². The fourth-order valence-electron chi connectivity index (χ4n) is 1.02. The zero-order valence-corrected chi connectivity index (χ0v) is 10.7. The predicted molar refractivity (Wildman–Crippen MR) is 81.3 cm³/mol. The summed E-state index contributed by atoms with van der Waals surface area (Å²) in [5, 5.41) is 0. The van der Waals surface area contributed by atoms with E-state index in [0.29, 0.717) is 5.92 Å². The van der Waals surface area contributed by atoms with Crippen LogP contribution in [-0.4, -0.2) is 0 Å². The molecule has 0 aromatic heterocycles. The minimum Gasteiger partial charge on any atom is -0.0776 e. The van der Waals surface area contributed by atoms with Gasteiger partial charge in [-0.05, 0) is 17.9 Å². The molecule has 1 atom stereocenters. The van der Waals surface area contributed by atoms with Crippen molar-refractivity contribution < 1.29 is 0 Å². The zero-order chi connectivity index (χ0) is 11.4. The van der Waals surface area contributed by atoms with Crippen LogP contribution in [0.1, 0.15) is 74.3 Å². The lowest BCUT2D eigenvalue weighted by Crippen LogP contribution is -1.88. The topological polar surface area (TPSA) is 0 Å². The van der Waals surface area contributed by atoms with Gasteiger partial charge in [-0.1, -0.05) is 86.7 Å². The maximum absolute atomic E-state index is 2.26. The van der Waals surface area contributed by atoms with Crippen LogP contribution in [0.3, 0.4) is 0 Å². The monoisotopic (exact) mass is 226 g/mol. The molecule has 0 heterocycles. The van der Waals surface area contributed by atoms with Crippen molar-refractivity contribution in [2.75, 3.05) is 0 Å². The second kappa shape index (κ2) is 19.7. The van der Waals surface area contributed by atoms with E-state index in [0.717, 1.165) is 0 Å². The summed E-state index contributed by atoms with van der Waals surface area (Å²) in [6, 6.07) is 10.6. The molecule has 0 aliphatic rings. The highest BCUT2D eigenvalue weighted by Gasteiger charge is 1.98. The van der Waals surface area contributed by atoms with Gasteiger partial charge in [0, 0.05) is 0 Å². The lowest BCUT2D eigenvalue weighted by molar-refractivity contribution is 0.733. The van der Waals surface area contributed by atoms with Gasteiger partial charge >= 0.3 is 0 Å². The van der Waals surface area contributed by atoms with Gasteiger partial charge in [0.25, 0.3) is 0 Å². The van der Waals surface area contributed by atoms with E-state index in [1.165, 1.54) is 12.0 Å². The zero-order valence-electron chi connectivity index (χ0n) is 10.7. The van der Waals surface area contributed by atoms with E-state index in [-0.39, 0.29) is 14.9 Å². The normalized spacial score (nSPS) is 8.88. The van der Waals surface area contributed by atoms with E-state index < -0.39 is 0 Å². The molecular weight excluding hydrogens is 192 g/mol. The molecule has 1 rings (SSSR count). The van der Waals surface area contributed by atoms with Crippen LogP contribution >= 0.6 is 0 Å². The van der Waals surface area contributed by atoms with Crippen molar-refractivity contribution in [3.63, 3.8) is 0 Å². The first-order chi connectivity index (χ1) is 6.84. The summed E-state index contributed by atoms with van der Waals surface area (Å²) in [5.74, 6) is 0.709. The van der Waals surface area contributed by atoms with Crippen LogP contribution in [0.5, 0.6) is 0 Å². The lowest BCUT2D eigenvalue weighted by atomic mass is 9.99. The minimum absolute atomic E-state index is 0. The molecule has 98 valence electrons. The van der Waals surface area contributed by atoms with Gasteiger partial charge in [-0.15, -0.1) is 0 Å². The highest BCUT2D eigenvalue weighted by Crippen LogP contribution is 2.16. The SMILES string of the molecule is C.C.CC.CC.CCC(C)c1ccccc1. The van der Waals surface area contributed by atoms with Gasteiger partial charge in [-0.3, -0.25) is 0 Å². The van der Waals surface area contributed by atoms with E-state index in [4.69, 9.17) is 0 Å². The molecule has 1 unspecified atom stereocenters. The Labute approximate surface area is 105 Å². The van der Waals surface area contributed by atoms with Crippen molar-refractivity contribution in [3.8, 4) is 0 Å². The minimum atomic E-state index is 0. The summed E-state index contributed by atoms with van der Waals surface area (Å²) in [7, 11) is 0. The molecule has 0 nitrogen and oxygen atoms in total. The predicted octanol–water partition coefficient (Wildman–Crippen LogP) is 6.52. The molecule has 0 saturated carbocycles. The molecule has 0 amide bonds. The first kappa shape index (κ1) is 24.4. The average Bonchev–Trinajstić information content (AvgIpc) is 2.34. The molecule has 1 aromatic rings. The number of rotatable bonds is 2. The highest BCUT2D eigenvalue weighted by molar-refractivity contribution is 5.18. The molecule has 0 aliphatic heterocycles. The van der Waals surface area contributed by atoms with Crippen LogP contribution in [0.25, 0.3) is 0 Å². The Hall–Kier alpha value is -0.780. The molecule has 0 bridgehead atoms. The van der Waals surface area contributed by atoms with E-state index in [2.05, 4.69) is 44.2 Å². The third-order valence-electron chi connectivity index (χ3n) is 1.98. The van der Waals surface area contributed by atoms with Crippen molar-refractivity contribution in [1.82, 2.24) is 0 Å². The molecule has 16 heavy (non-hydrogen) atoms. The average molecular weight is 226 g/mol.